The summed E-state index contributed by atoms with van der Waals surface area (Å²) in [5, 5.41) is 0. The lowest BCUT2D eigenvalue weighted by Gasteiger charge is -2.23. The van der Waals surface area contributed by atoms with Crippen LogP contribution < -0.4 is 0 Å². The SMILES string of the molecule is CC(=O)OC[C@H]1O[C@@H](n2cnc3c(Br)ncnc32)[C@@H](OC(C)=O)[C@@H]1OC(C)=O. The van der Waals surface area contributed by atoms with E-state index in [-0.39, 0.29) is 6.61 Å². The molecule has 0 saturated carbocycles. The summed E-state index contributed by atoms with van der Waals surface area (Å²) in [4.78, 5) is 46.9. The van der Waals surface area contributed by atoms with E-state index in [4.69, 9.17) is 18.9 Å². The summed E-state index contributed by atoms with van der Waals surface area (Å²) < 4.78 is 23.7. The molecule has 0 radical (unpaired) electrons. The van der Waals surface area contributed by atoms with Gasteiger partial charge < -0.3 is 18.9 Å². The van der Waals surface area contributed by atoms with Gasteiger partial charge in [0.05, 0.1) is 6.33 Å². The Morgan fingerprint density at radius 3 is 2.39 bits per heavy atom. The Balaban J connectivity index is 2.01. The highest BCUT2D eigenvalue weighted by Crippen LogP contribution is 2.36. The van der Waals surface area contributed by atoms with E-state index in [1.54, 1.807) is 4.57 Å². The molecule has 4 atom stereocenters. The van der Waals surface area contributed by atoms with E-state index in [1.807, 2.05) is 0 Å². The van der Waals surface area contributed by atoms with Crippen LogP contribution in [0.1, 0.15) is 27.0 Å². The van der Waals surface area contributed by atoms with Gasteiger partial charge in [0.1, 0.15) is 29.2 Å². The lowest BCUT2D eigenvalue weighted by atomic mass is 10.1. The minimum Gasteiger partial charge on any atom is -0.463 e. The topological polar surface area (TPSA) is 132 Å². The van der Waals surface area contributed by atoms with E-state index in [0.29, 0.717) is 15.8 Å². The zero-order chi connectivity index (χ0) is 20.4. The fourth-order valence-electron chi connectivity index (χ4n) is 2.93. The number of carbonyl (C=O) groups excluding carboxylic acids is 3. The van der Waals surface area contributed by atoms with Gasteiger partial charge in [0.15, 0.2) is 24.1 Å². The fourth-order valence-corrected chi connectivity index (χ4v) is 3.30. The van der Waals surface area contributed by atoms with Gasteiger partial charge in [0.2, 0.25) is 0 Å². The maximum Gasteiger partial charge on any atom is 0.303 e. The Hall–Kier alpha value is -2.60. The fraction of sp³-hybridized carbons (Fsp3) is 0.500. The first-order valence-electron chi connectivity index (χ1n) is 8.24. The summed E-state index contributed by atoms with van der Waals surface area (Å²) in [7, 11) is 0. The lowest BCUT2D eigenvalue weighted by Crippen LogP contribution is -2.40. The maximum atomic E-state index is 11.7. The summed E-state index contributed by atoms with van der Waals surface area (Å²) in [6.45, 7) is 3.51. The predicted octanol–water partition coefficient (Wildman–Crippen LogP) is 0.913. The highest BCUT2D eigenvalue weighted by Gasteiger charge is 2.51. The van der Waals surface area contributed by atoms with E-state index in [1.165, 1.54) is 33.4 Å². The van der Waals surface area contributed by atoms with E-state index < -0.39 is 42.4 Å². The van der Waals surface area contributed by atoms with Crippen molar-refractivity contribution in [3.8, 4) is 0 Å². The molecular weight excluding hydrogens is 440 g/mol. The number of rotatable bonds is 5. The van der Waals surface area contributed by atoms with Crippen LogP contribution in [0.15, 0.2) is 17.3 Å². The van der Waals surface area contributed by atoms with Gasteiger partial charge in [-0.15, -0.1) is 0 Å². The van der Waals surface area contributed by atoms with Crippen LogP contribution in [0.25, 0.3) is 11.2 Å². The van der Waals surface area contributed by atoms with Gasteiger partial charge in [-0.3, -0.25) is 19.0 Å². The minimum atomic E-state index is -1.01. The van der Waals surface area contributed by atoms with E-state index in [0.717, 1.165) is 0 Å². The summed E-state index contributed by atoms with van der Waals surface area (Å²) in [5.41, 5.74) is 0.888. The van der Waals surface area contributed by atoms with Crippen molar-refractivity contribution < 1.29 is 33.3 Å². The van der Waals surface area contributed by atoms with Crippen molar-refractivity contribution in [3.05, 3.63) is 17.3 Å². The van der Waals surface area contributed by atoms with Crippen LogP contribution in [0, 0.1) is 0 Å². The molecule has 0 amide bonds. The van der Waals surface area contributed by atoms with Gasteiger partial charge in [0, 0.05) is 20.8 Å². The number of fused-ring (bicyclic) bond motifs is 1. The van der Waals surface area contributed by atoms with E-state index >= 15 is 0 Å². The summed E-state index contributed by atoms with van der Waals surface area (Å²) in [6, 6.07) is 0. The normalized spacial score (nSPS) is 24.1. The molecule has 1 aliphatic rings. The van der Waals surface area contributed by atoms with Crippen LogP contribution in [-0.4, -0.2) is 62.3 Å². The molecule has 3 rings (SSSR count). The highest BCUT2D eigenvalue weighted by molar-refractivity contribution is 9.10. The second kappa shape index (κ2) is 8.19. The second-order valence-corrected chi connectivity index (χ2v) is 6.76. The third-order valence-corrected chi connectivity index (χ3v) is 4.51. The molecule has 0 aromatic carbocycles. The third-order valence-electron chi connectivity index (χ3n) is 3.93. The van der Waals surface area contributed by atoms with Crippen molar-refractivity contribution in [2.45, 2.75) is 45.3 Å². The number of aromatic nitrogens is 4. The van der Waals surface area contributed by atoms with Gasteiger partial charge in [-0.1, -0.05) is 0 Å². The zero-order valence-electron chi connectivity index (χ0n) is 15.2. The van der Waals surface area contributed by atoms with Crippen molar-refractivity contribution in [2.75, 3.05) is 6.61 Å². The number of ether oxygens (including phenoxy) is 4. The molecule has 28 heavy (non-hydrogen) atoms. The quantitative estimate of drug-likeness (QED) is 0.363. The van der Waals surface area contributed by atoms with Crippen molar-refractivity contribution in [3.63, 3.8) is 0 Å². The van der Waals surface area contributed by atoms with Crippen molar-refractivity contribution in [1.29, 1.82) is 0 Å². The molecular formula is C16H17BrN4O7. The summed E-state index contributed by atoms with van der Waals surface area (Å²) in [5.74, 6) is -1.72. The standard InChI is InChI=1S/C16H17BrN4O7/c1-7(22)25-4-10-12(26-8(2)23)13(27-9(3)24)16(28-10)21-6-20-11-14(17)18-5-19-15(11)21/h5-6,10,12-13,16H,4H2,1-3H3/t10-,12-,13+,16-/m1/s1. The largest absolute Gasteiger partial charge is 0.463 e. The lowest BCUT2D eigenvalue weighted by molar-refractivity contribution is -0.166. The monoisotopic (exact) mass is 456 g/mol. The Morgan fingerprint density at radius 2 is 1.75 bits per heavy atom. The van der Waals surface area contributed by atoms with Crippen LogP contribution in [0.3, 0.4) is 0 Å². The molecule has 2 aromatic rings. The van der Waals surface area contributed by atoms with Crippen LogP contribution in [-0.2, 0) is 33.3 Å². The molecule has 0 aliphatic carbocycles. The van der Waals surface area contributed by atoms with Crippen LogP contribution in [0.2, 0.25) is 0 Å². The number of esters is 3. The molecule has 0 N–H and O–H groups in total. The van der Waals surface area contributed by atoms with E-state index in [9.17, 15) is 14.4 Å². The molecule has 1 saturated heterocycles. The summed E-state index contributed by atoms with van der Waals surface area (Å²) in [6.07, 6.45) is -0.989. The zero-order valence-corrected chi connectivity index (χ0v) is 16.8. The van der Waals surface area contributed by atoms with Crippen molar-refractivity contribution in [1.82, 2.24) is 19.5 Å². The van der Waals surface area contributed by atoms with Crippen LogP contribution in [0.4, 0.5) is 0 Å². The molecule has 11 nitrogen and oxygen atoms in total. The Morgan fingerprint density at radius 1 is 1.07 bits per heavy atom. The van der Waals surface area contributed by atoms with Crippen LogP contribution >= 0.6 is 15.9 Å². The Bertz CT molecular complexity index is 918. The van der Waals surface area contributed by atoms with Crippen molar-refractivity contribution in [2.24, 2.45) is 0 Å². The van der Waals surface area contributed by atoms with Gasteiger partial charge >= 0.3 is 17.9 Å². The Labute approximate surface area is 167 Å². The molecule has 1 aliphatic heterocycles. The average molecular weight is 457 g/mol. The first-order chi connectivity index (χ1) is 13.3. The molecule has 150 valence electrons. The first kappa shape index (κ1) is 20.1. The molecule has 0 unspecified atom stereocenters. The number of halogens is 1. The third kappa shape index (κ3) is 4.12. The van der Waals surface area contributed by atoms with Gasteiger partial charge in [-0.2, -0.15) is 0 Å². The summed E-state index contributed by atoms with van der Waals surface area (Å²) >= 11 is 3.29. The minimum absolute atomic E-state index is 0.188. The number of carbonyl (C=O) groups is 3. The maximum absolute atomic E-state index is 11.7. The van der Waals surface area contributed by atoms with Gasteiger partial charge in [-0.05, 0) is 15.9 Å². The molecule has 0 bridgehead atoms. The predicted molar refractivity (Wildman–Crippen MR) is 94.7 cm³/mol. The molecule has 3 heterocycles. The van der Waals surface area contributed by atoms with E-state index in [2.05, 4.69) is 30.9 Å². The molecule has 0 spiro atoms. The molecule has 12 heteroatoms. The second-order valence-electron chi connectivity index (χ2n) is 6.00. The number of hydrogen-bond donors (Lipinski definition) is 0. The highest BCUT2D eigenvalue weighted by atomic mass is 79.9. The molecule has 1 fully saturated rings. The van der Waals surface area contributed by atoms with Crippen LogP contribution in [0.5, 0.6) is 0 Å². The number of hydrogen-bond acceptors (Lipinski definition) is 10. The smallest absolute Gasteiger partial charge is 0.303 e. The van der Waals surface area contributed by atoms with Gasteiger partial charge in [-0.25, -0.2) is 15.0 Å². The average Bonchev–Trinajstić information content (AvgIpc) is 3.16. The Kier molecular flexibility index (Phi) is 5.89. The number of nitrogens with zero attached hydrogens (tertiary/aromatic N) is 4. The van der Waals surface area contributed by atoms with Crippen molar-refractivity contribution >= 4 is 45.0 Å². The van der Waals surface area contributed by atoms with Gasteiger partial charge in [0.25, 0.3) is 0 Å². The first-order valence-corrected chi connectivity index (χ1v) is 9.03. The number of imidazole rings is 1. The molecule has 2 aromatic heterocycles.